The molecular formula is C18H25FN2O2. The molecule has 0 spiro atoms. The number of halogens is 1. The van der Waals surface area contributed by atoms with Gasteiger partial charge in [-0.3, -0.25) is 0 Å². The molecule has 1 aliphatic heterocycles. The van der Waals surface area contributed by atoms with E-state index >= 15 is 0 Å². The normalized spacial score (nSPS) is 20.6. The molecule has 1 saturated heterocycles. The van der Waals surface area contributed by atoms with Gasteiger partial charge in [0.25, 0.3) is 0 Å². The monoisotopic (exact) mass is 320 g/mol. The van der Waals surface area contributed by atoms with Crippen LogP contribution in [0.5, 0.6) is 0 Å². The highest BCUT2D eigenvalue weighted by atomic mass is 19.1. The quantitative estimate of drug-likeness (QED) is 0.926. The highest BCUT2D eigenvalue weighted by molar-refractivity contribution is 5.74. The van der Waals surface area contributed by atoms with E-state index in [1.54, 1.807) is 12.1 Å². The van der Waals surface area contributed by atoms with Crippen LogP contribution in [-0.4, -0.2) is 43.8 Å². The second-order valence-corrected chi connectivity index (χ2v) is 6.76. The van der Waals surface area contributed by atoms with Gasteiger partial charge in [0.1, 0.15) is 5.82 Å². The molecule has 3 rings (SSSR count). The molecule has 0 bridgehead atoms. The van der Waals surface area contributed by atoms with Crippen LogP contribution in [0, 0.1) is 5.82 Å². The lowest BCUT2D eigenvalue weighted by molar-refractivity contribution is 0.0496. The predicted molar refractivity (Wildman–Crippen MR) is 86.9 cm³/mol. The van der Waals surface area contributed by atoms with Gasteiger partial charge in [0, 0.05) is 38.3 Å². The maximum atomic E-state index is 13.7. The van der Waals surface area contributed by atoms with Crippen LogP contribution in [0.4, 0.5) is 9.18 Å². The zero-order chi connectivity index (χ0) is 16.3. The Morgan fingerprint density at radius 3 is 2.74 bits per heavy atom. The van der Waals surface area contributed by atoms with Gasteiger partial charge in [-0.1, -0.05) is 12.1 Å². The van der Waals surface area contributed by atoms with Gasteiger partial charge in [-0.25, -0.2) is 9.18 Å². The largest absolute Gasteiger partial charge is 0.381 e. The standard InChI is InChI=1S/C18H25FN2O2/c1-21(16-6-3-7-16)17(22)20-13-18(8-10-23-11-9-18)14-4-2-5-15(19)12-14/h2,4-5,12,16H,3,6-11,13H2,1H3,(H,20,22). The van der Waals surface area contributed by atoms with Gasteiger partial charge in [0.15, 0.2) is 0 Å². The van der Waals surface area contributed by atoms with E-state index < -0.39 is 0 Å². The van der Waals surface area contributed by atoms with Crippen molar-refractivity contribution in [2.75, 3.05) is 26.8 Å². The zero-order valence-electron chi connectivity index (χ0n) is 13.7. The highest BCUT2D eigenvalue weighted by Gasteiger charge is 2.36. The second kappa shape index (κ2) is 6.87. The third kappa shape index (κ3) is 3.50. The summed E-state index contributed by atoms with van der Waals surface area (Å²) in [7, 11) is 1.86. The topological polar surface area (TPSA) is 41.6 Å². The Morgan fingerprint density at radius 1 is 1.39 bits per heavy atom. The van der Waals surface area contributed by atoms with Crippen molar-refractivity contribution in [1.29, 1.82) is 0 Å². The Balaban J connectivity index is 1.70. The van der Waals surface area contributed by atoms with Crippen LogP contribution in [-0.2, 0) is 10.2 Å². The molecule has 1 aliphatic carbocycles. The molecule has 2 amide bonds. The average molecular weight is 320 g/mol. The summed E-state index contributed by atoms with van der Waals surface area (Å²) in [6.45, 7) is 1.81. The molecule has 4 nitrogen and oxygen atoms in total. The molecule has 0 unspecified atom stereocenters. The smallest absolute Gasteiger partial charge is 0.317 e. The van der Waals surface area contributed by atoms with E-state index in [0.717, 1.165) is 31.2 Å². The lowest BCUT2D eigenvalue weighted by Gasteiger charge is -2.39. The van der Waals surface area contributed by atoms with E-state index in [0.29, 0.717) is 25.8 Å². The number of nitrogens with one attached hydrogen (secondary N) is 1. The highest BCUT2D eigenvalue weighted by Crippen LogP contribution is 2.34. The molecule has 126 valence electrons. The lowest BCUT2D eigenvalue weighted by Crippen LogP contribution is -2.51. The van der Waals surface area contributed by atoms with E-state index in [4.69, 9.17) is 4.74 Å². The average Bonchev–Trinajstić information content (AvgIpc) is 2.52. The zero-order valence-corrected chi connectivity index (χ0v) is 13.7. The van der Waals surface area contributed by atoms with Crippen molar-refractivity contribution in [2.45, 2.75) is 43.6 Å². The van der Waals surface area contributed by atoms with Gasteiger partial charge < -0.3 is 15.0 Å². The second-order valence-electron chi connectivity index (χ2n) is 6.76. The molecule has 1 aromatic carbocycles. The minimum Gasteiger partial charge on any atom is -0.381 e. The summed E-state index contributed by atoms with van der Waals surface area (Å²) in [6, 6.07) is 7.08. The fraction of sp³-hybridized carbons (Fsp3) is 0.611. The number of benzene rings is 1. The number of carbonyl (C=O) groups excluding carboxylic acids is 1. The van der Waals surface area contributed by atoms with Crippen LogP contribution in [0.25, 0.3) is 0 Å². The molecule has 0 aromatic heterocycles. The molecule has 1 aromatic rings. The number of hydrogen-bond acceptors (Lipinski definition) is 2. The predicted octanol–water partition coefficient (Wildman–Crippen LogP) is 3.07. The number of rotatable bonds is 4. The molecule has 1 saturated carbocycles. The van der Waals surface area contributed by atoms with Crippen LogP contribution >= 0.6 is 0 Å². The summed E-state index contributed by atoms with van der Waals surface area (Å²) < 4.78 is 19.1. The van der Waals surface area contributed by atoms with Gasteiger partial charge in [0.05, 0.1) is 0 Å². The summed E-state index contributed by atoms with van der Waals surface area (Å²) in [5.41, 5.74) is 0.712. The van der Waals surface area contributed by atoms with Crippen LogP contribution in [0.1, 0.15) is 37.7 Å². The molecule has 5 heteroatoms. The van der Waals surface area contributed by atoms with Crippen LogP contribution in [0.3, 0.4) is 0 Å². The summed E-state index contributed by atoms with van der Waals surface area (Å²) >= 11 is 0. The van der Waals surface area contributed by atoms with Crippen molar-refractivity contribution >= 4 is 6.03 Å². The van der Waals surface area contributed by atoms with Crippen molar-refractivity contribution < 1.29 is 13.9 Å². The Bertz CT molecular complexity index is 554. The molecule has 23 heavy (non-hydrogen) atoms. The van der Waals surface area contributed by atoms with Crippen LogP contribution in [0.15, 0.2) is 24.3 Å². The van der Waals surface area contributed by atoms with Crippen molar-refractivity contribution in [3.05, 3.63) is 35.6 Å². The molecule has 2 fully saturated rings. The number of hydrogen-bond donors (Lipinski definition) is 1. The first-order valence-electron chi connectivity index (χ1n) is 8.45. The Hall–Kier alpha value is -1.62. The number of urea groups is 1. The van der Waals surface area contributed by atoms with Gasteiger partial charge in [0.2, 0.25) is 0 Å². The summed E-state index contributed by atoms with van der Waals surface area (Å²) in [5, 5.41) is 3.07. The summed E-state index contributed by atoms with van der Waals surface area (Å²) in [4.78, 5) is 14.2. The molecule has 0 radical (unpaired) electrons. The third-order valence-corrected chi connectivity index (χ3v) is 5.41. The van der Waals surface area contributed by atoms with Gasteiger partial charge in [-0.2, -0.15) is 0 Å². The number of carbonyl (C=O) groups is 1. The summed E-state index contributed by atoms with van der Waals surface area (Å²) in [5.74, 6) is -0.230. The Labute approximate surface area is 137 Å². The van der Waals surface area contributed by atoms with Gasteiger partial charge in [-0.15, -0.1) is 0 Å². The first-order chi connectivity index (χ1) is 11.1. The Kier molecular flexibility index (Phi) is 4.85. The Morgan fingerprint density at radius 2 is 2.13 bits per heavy atom. The molecule has 0 atom stereocenters. The number of nitrogens with zero attached hydrogens (tertiary/aromatic N) is 1. The first-order valence-corrected chi connectivity index (χ1v) is 8.45. The van der Waals surface area contributed by atoms with Gasteiger partial charge in [-0.05, 0) is 49.8 Å². The van der Waals surface area contributed by atoms with Crippen molar-refractivity contribution in [1.82, 2.24) is 10.2 Å². The van der Waals surface area contributed by atoms with Crippen molar-refractivity contribution in [2.24, 2.45) is 0 Å². The number of ether oxygens (including phenoxy) is 1. The molecule has 2 aliphatic rings. The molecule has 1 N–H and O–H groups in total. The molecule has 1 heterocycles. The number of amides is 2. The lowest BCUT2D eigenvalue weighted by atomic mass is 9.74. The third-order valence-electron chi connectivity index (χ3n) is 5.41. The van der Waals surface area contributed by atoms with Crippen LogP contribution in [0.2, 0.25) is 0 Å². The van der Waals surface area contributed by atoms with Crippen molar-refractivity contribution in [3.63, 3.8) is 0 Å². The van der Waals surface area contributed by atoms with E-state index in [1.165, 1.54) is 12.5 Å². The fourth-order valence-electron chi connectivity index (χ4n) is 3.46. The maximum absolute atomic E-state index is 13.7. The first kappa shape index (κ1) is 16.2. The van der Waals surface area contributed by atoms with Crippen molar-refractivity contribution in [3.8, 4) is 0 Å². The fourth-order valence-corrected chi connectivity index (χ4v) is 3.46. The summed E-state index contributed by atoms with van der Waals surface area (Å²) in [6.07, 6.45) is 4.97. The van der Waals surface area contributed by atoms with Gasteiger partial charge >= 0.3 is 6.03 Å². The van der Waals surface area contributed by atoms with Crippen LogP contribution < -0.4 is 5.32 Å². The van der Waals surface area contributed by atoms with E-state index in [9.17, 15) is 9.18 Å². The van der Waals surface area contributed by atoms with E-state index in [1.807, 2.05) is 18.0 Å². The SMILES string of the molecule is CN(C(=O)NCC1(c2cccc(F)c2)CCOCC1)C1CCC1. The van der Waals surface area contributed by atoms with E-state index in [-0.39, 0.29) is 17.3 Å². The minimum atomic E-state index is -0.240. The molecular weight excluding hydrogens is 295 g/mol. The maximum Gasteiger partial charge on any atom is 0.317 e. The van der Waals surface area contributed by atoms with E-state index in [2.05, 4.69) is 5.32 Å². The minimum absolute atomic E-state index is 0.0306.